The highest BCUT2D eigenvalue weighted by Gasteiger charge is 2.64. The zero-order chi connectivity index (χ0) is 28.3. The molecule has 5 atom stereocenters. The zero-order valence-corrected chi connectivity index (χ0v) is 22.3. The van der Waals surface area contributed by atoms with Gasteiger partial charge in [0.15, 0.2) is 11.4 Å². The standard InChI is InChI=1S/C26H33N3O8S/c1-29(2)20-15-11-13-10-14-12(6-5-9-28-38(3,4)37)7-8-16(30)18(14)21(31)17(13)23(33)26(15,36)24(34)19(22(20)32)25(27)35/h7-8,13,15,20,30-31,34,36H,3,5-6,9-11H2,1-2,4H3,(H2,27,35)(H,28,37)/t13-,15?,20-,26-,38?/m0/s1. The molecular formula is C26H33N3O8S. The predicted octanol–water partition coefficient (Wildman–Crippen LogP) is -0.253. The third-order valence-electron chi connectivity index (χ3n) is 7.73. The number of fused-ring (bicyclic) bond motifs is 3. The lowest BCUT2D eigenvalue weighted by molar-refractivity contribution is -0.153. The fourth-order valence-electron chi connectivity index (χ4n) is 6.11. The monoisotopic (exact) mass is 547 g/mol. The van der Waals surface area contributed by atoms with E-state index in [2.05, 4.69) is 10.6 Å². The van der Waals surface area contributed by atoms with E-state index >= 15 is 0 Å². The smallest absolute Gasteiger partial charge is 0.255 e. The van der Waals surface area contributed by atoms with E-state index in [1.807, 2.05) is 0 Å². The van der Waals surface area contributed by atoms with Crippen LogP contribution in [0.3, 0.4) is 0 Å². The highest BCUT2D eigenvalue weighted by Crippen LogP contribution is 2.52. The van der Waals surface area contributed by atoms with Crippen molar-refractivity contribution in [1.82, 2.24) is 9.62 Å². The Hall–Kier alpha value is -3.19. The van der Waals surface area contributed by atoms with Crippen LogP contribution in [0.1, 0.15) is 29.5 Å². The maximum Gasteiger partial charge on any atom is 0.255 e. The van der Waals surface area contributed by atoms with Crippen LogP contribution in [0, 0.1) is 11.8 Å². The number of hydrogen-bond acceptors (Lipinski definition) is 9. The number of amides is 1. The number of benzene rings is 1. The molecule has 0 aromatic heterocycles. The fourth-order valence-corrected chi connectivity index (χ4v) is 6.69. The van der Waals surface area contributed by atoms with E-state index in [4.69, 9.17) is 5.73 Å². The molecule has 1 aromatic rings. The van der Waals surface area contributed by atoms with Gasteiger partial charge in [-0.2, -0.15) is 0 Å². The molecule has 1 saturated carbocycles. The average Bonchev–Trinajstić information content (AvgIpc) is 2.79. The largest absolute Gasteiger partial charge is 0.508 e. The number of nitrogens with zero attached hydrogens (tertiary/aromatic N) is 1. The molecule has 3 aliphatic rings. The summed E-state index contributed by atoms with van der Waals surface area (Å²) in [7, 11) is 0.743. The van der Waals surface area contributed by atoms with Crippen LogP contribution < -0.4 is 10.5 Å². The number of Topliss-reactive ketones (excluding diaryl/α,β-unsaturated/α-hetero) is 2. The number of hydrogen-bond donors (Lipinski definition) is 6. The van der Waals surface area contributed by atoms with Crippen LogP contribution >= 0.6 is 0 Å². The van der Waals surface area contributed by atoms with Crippen LogP contribution in [0.15, 0.2) is 29.0 Å². The Labute approximate surface area is 220 Å². The minimum atomic E-state index is -2.66. The number of carbonyl (C=O) groups is 3. The third kappa shape index (κ3) is 4.31. The molecule has 0 saturated heterocycles. The average molecular weight is 548 g/mol. The molecule has 11 nitrogen and oxygen atoms in total. The zero-order valence-electron chi connectivity index (χ0n) is 21.5. The van der Waals surface area contributed by atoms with Crippen molar-refractivity contribution in [3.8, 4) is 5.75 Å². The number of aromatic hydroxyl groups is 1. The van der Waals surface area contributed by atoms with Gasteiger partial charge in [-0.05, 0) is 68.8 Å². The van der Waals surface area contributed by atoms with E-state index in [0.29, 0.717) is 24.9 Å². The van der Waals surface area contributed by atoms with Gasteiger partial charge in [-0.25, -0.2) is 4.72 Å². The van der Waals surface area contributed by atoms with Crippen LogP contribution in [-0.4, -0.2) is 91.4 Å². The van der Waals surface area contributed by atoms with Gasteiger partial charge in [-0.1, -0.05) is 6.07 Å². The molecule has 12 heteroatoms. The molecule has 2 unspecified atom stereocenters. The third-order valence-corrected chi connectivity index (χ3v) is 8.55. The topological polar surface area (TPSA) is 190 Å². The minimum Gasteiger partial charge on any atom is -0.508 e. The second kappa shape index (κ2) is 9.53. The Morgan fingerprint density at radius 1 is 1.26 bits per heavy atom. The predicted molar refractivity (Wildman–Crippen MR) is 142 cm³/mol. The summed E-state index contributed by atoms with van der Waals surface area (Å²) in [6.45, 7) is 0.430. The van der Waals surface area contributed by atoms with Crippen molar-refractivity contribution in [3.63, 3.8) is 0 Å². The quantitative estimate of drug-likeness (QED) is 0.152. The molecule has 0 heterocycles. The van der Waals surface area contributed by atoms with Crippen molar-refractivity contribution in [2.75, 3.05) is 26.9 Å². The number of aliphatic hydroxyl groups is 3. The van der Waals surface area contributed by atoms with Crippen LogP contribution in [0.4, 0.5) is 0 Å². The van der Waals surface area contributed by atoms with Crippen molar-refractivity contribution in [1.29, 1.82) is 0 Å². The molecule has 0 aliphatic heterocycles. The number of nitrogens with one attached hydrogen (secondary N) is 1. The van der Waals surface area contributed by atoms with Gasteiger partial charge >= 0.3 is 0 Å². The Morgan fingerprint density at radius 2 is 1.92 bits per heavy atom. The summed E-state index contributed by atoms with van der Waals surface area (Å²) in [5, 5.41) is 44.4. The summed E-state index contributed by atoms with van der Waals surface area (Å²) in [4.78, 5) is 40.5. The van der Waals surface area contributed by atoms with Crippen molar-refractivity contribution in [2.45, 2.75) is 37.3 Å². The summed E-state index contributed by atoms with van der Waals surface area (Å²) in [6, 6.07) is 1.99. The normalized spacial score (nSPS) is 28.6. The maximum absolute atomic E-state index is 13.8. The van der Waals surface area contributed by atoms with E-state index in [1.165, 1.54) is 17.2 Å². The first kappa shape index (κ1) is 27.8. The van der Waals surface area contributed by atoms with Crippen molar-refractivity contribution < 1.29 is 39.0 Å². The summed E-state index contributed by atoms with van der Waals surface area (Å²) in [5.74, 6) is -3.20. The molecule has 1 amide bonds. The molecule has 7 N–H and O–H groups in total. The summed E-state index contributed by atoms with van der Waals surface area (Å²) in [6.07, 6.45) is 2.86. The number of aryl methyl sites for hydroxylation is 1. The van der Waals surface area contributed by atoms with Gasteiger partial charge in [-0.15, -0.1) is 0 Å². The first-order valence-electron chi connectivity index (χ1n) is 12.2. The molecule has 1 fully saturated rings. The molecular weight excluding hydrogens is 514 g/mol. The summed E-state index contributed by atoms with van der Waals surface area (Å²) < 4.78 is 14.7. The van der Waals surface area contributed by atoms with Crippen molar-refractivity contribution >= 4 is 38.8 Å². The molecule has 0 bridgehead atoms. The number of primary amides is 1. The lowest BCUT2D eigenvalue weighted by Crippen LogP contribution is -2.65. The van der Waals surface area contributed by atoms with Gasteiger partial charge in [-0.3, -0.25) is 23.5 Å². The lowest BCUT2D eigenvalue weighted by atomic mass is 9.57. The van der Waals surface area contributed by atoms with Crippen LogP contribution in [0.5, 0.6) is 5.75 Å². The summed E-state index contributed by atoms with van der Waals surface area (Å²) in [5.41, 5.74) is 3.14. The van der Waals surface area contributed by atoms with Crippen LogP contribution in [0.2, 0.25) is 0 Å². The molecule has 206 valence electrons. The second-order valence-electron chi connectivity index (χ2n) is 10.6. The van der Waals surface area contributed by atoms with Crippen molar-refractivity contribution in [2.24, 2.45) is 17.6 Å². The lowest BCUT2D eigenvalue weighted by Gasteiger charge is -2.50. The maximum atomic E-state index is 13.8. The first-order valence-corrected chi connectivity index (χ1v) is 14.3. The SMILES string of the molecule is C=S(C)(=O)NCCCc1ccc(O)c2c1C[C@H]1CC3[C@H](N(C)C)C(=O)C(C(N)=O)=C(O)[C@@]3(O)C(=O)C1=C2O. The van der Waals surface area contributed by atoms with Crippen LogP contribution in [-0.2, 0) is 36.9 Å². The summed E-state index contributed by atoms with van der Waals surface area (Å²) >= 11 is 0. The van der Waals surface area contributed by atoms with Gasteiger partial charge in [0.05, 0.1) is 11.6 Å². The number of carbonyl (C=O) groups excluding carboxylic acids is 3. The highest BCUT2D eigenvalue weighted by atomic mass is 32.2. The Morgan fingerprint density at radius 3 is 2.50 bits per heavy atom. The fraction of sp³-hybridized carbons (Fsp3) is 0.462. The van der Waals surface area contributed by atoms with E-state index < -0.39 is 67.8 Å². The molecule has 0 radical (unpaired) electrons. The van der Waals surface area contributed by atoms with Gasteiger partial charge in [0.1, 0.15) is 22.8 Å². The molecule has 38 heavy (non-hydrogen) atoms. The minimum absolute atomic E-state index is 0.0296. The van der Waals surface area contributed by atoms with Gasteiger partial charge in [0, 0.05) is 34.0 Å². The Kier molecular flexibility index (Phi) is 6.98. The van der Waals surface area contributed by atoms with Gasteiger partial charge in [0.25, 0.3) is 5.91 Å². The number of phenols is 1. The number of ketones is 2. The molecule has 1 aromatic carbocycles. The Balaban J connectivity index is 1.82. The van der Waals surface area contributed by atoms with E-state index in [-0.39, 0.29) is 29.7 Å². The number of phenolic OH excluding ortho intramolecular Hbond substituents is 1. The Bertz CT molecular complexity index is 1410. The second-order valence-corrected chi connectivity index (χ2v) is 12.9. The molecule has 3 aliphatic carbocycles. The van der Waals surface area contributed by atoms with Gasteiger partial charge in [0.2, 0.25) is 5.78 Å². The van der Waals surface area contributed by atoms with E-state index in [9.17, 15) is 39.0 Å². The van der Waals surface area contributed by atoms with Crippen LogP contribution in [0.25, 0.3) is 5.76 Å². The number of nitrogens with two attached hydrogens (primary N) is 1. The number of rotatable bonds is 7. The van der Waals surface area contributed by atoms with Gasteiger partial charge < -0.3 is 26.2 Å². The highest BCUT2D eigenvalue weighted by molar-refractivity contribution is 7.97. The van der Waals surface area contributed by atoms with Crippen molar-refractivity contribution in [3.05, 3.63) is 45.7 Å². The van der Waals surface area contributed by atoms with E-state index in [0.717, 1.165) is 5.56 Å². The molecule has 4 rings (SSSR count). The number of likely N-dealkylation sites (N-methyl/N-ethyl adjacent to an activating group) is 1. The van der Waals surface area contributed by atoms with E-state index in [1.54, 1.807) is 20.2 Å². The number of aliphatic hydroxyl groups excluding tert-OH is 2. The first-order chi connectivity index (χ1) is 17.6. The molecule has 0 spiro atoms.